The molecule has 0 radical (unpaired) electrons. The van der Waals surface area contributed by atoms with E-state index in [0.29, 0.717) is 33.7 Å². The molecule has 1 aliphatic heterocycles. The molecule has 0 saturated carbocycles. The molecule has 0 atom stereocenters. The number of fused-ring (bicyclic) bond motifs is 2. The number of nitrogens with zero attached hydrogens (tertiary/aromatic N) is 3. The number of rotatable bonds is 7. The largest absolute Gasteiger partial charge is 1.00 e. The third kappa shape index (κ3) is 5.15. The first-order valence-electron chi connectivity index (χ1n) is 10.8. The van der Waals surface area contributed by atoms with Crippen LogP contribution in [0.15, 0.2) is 66.2 Å². The fourth-order valence-electron chi connectivity index (χ4n) is 3.96. The summed E-state index contributed by atoms with van der Waals surface area (Å²) in [6.45, 7) is 0.0693. The van der Waals surface area contributed by atoms with Gasteiger partial charge in [-0.1, -0.05) is 18.2 Å². The van der Waals surface area contributed by atoms with Crippen LogP contribution in [0.3, 0.4) is 0 Å². The molecule has 0 fully saturated rings. The maximum Gasteiger partial charge on any atom is 1.00 e. The molecule has 0 spiro atoms. The second-order valence-corrected chi connectivity index (χ2v) is 8.77. The fraction of sp³-hybridized carbons (Fsp3) is 0.154. The van der Waals surface area contributed by atoms with E-state index >= 15 is 0 Å². The number of carbonyl (C=O) groups excluding carboxylic acids is 2. The van der Waals surface area contributed by atoms with Gasteiger partial charge in [-0.05, 0) is 53.6 Å². The number of allylic oxidation sites excluding steroid dienone is 1. The van der Waals surface area contributed by atoms with Crippen LogP contribution in [0.1, 0.15) is 21.5 Å². The number of Topliss-reactive ketones (excluding diaryl/α,β-unsaturated/α-hetero) is 1. The monoisotopic (exact) mass is 509 g/mol. The number of carbonyl (C=O) groups is 2. The molecule has 0 saturated heterocycles. The van der Waals surface area contributed by atoms with Crippen molar-refractivity contribution in [1.82, 2.24) is 8.75 Å². The Morgan fingerprint density at radius 3 is 2.33 bits per heavy atom. The van der Waals surface area contributed by atoms with Crippen LogP contribution >= 0.6 is 11.7 Å². The van der Waals surface area contributed by atoms with Gasteiger partial charge in [-0.15, -0.1) is 0 Å². The molecule has 5 rings (SSSR count). The normalized spacial score (nSPS) is 12.6. The molecule has 176 valence electrons. The molecular weight excluding hydrogens is 489 g/mol. The molecule has 4 aromatic rings. The summed E-state index contributed by atoms with van der Waals surface area (Å²) < 4.78 is 19.1. The molecule has 0 amide bonds. The van der Waals surface area contributed by atoms with Crippen LogP contribution in [0.25, 0.3) is 16.6 Å². The SMILES string of the molecule is CN(C)c1ccc(C/C(C(=O)c2ccc3c(c2)OCO3)=C(\C(=O)[O-])c2ccc3nsnc3c2)cc1.[Na+]. The third-order valence-corrected chi connectivity index (χ3v) is 6.35. The van der Waals surface area contributed by atoms with Gasteiger partial charge in [-0.25, -0.2) is 0 Å². The minimum atomic E-state index is -1.44. The molecule has 0 unspecified atom stereocenters. The van der Waals surface area contributed by atoms with E-state index in [1.165, 1.54) is 0 Å². The van der Waals surface area contributed by atoms with Crippen LogP contribution in [0, 0.1) is 0 Å². The summed E-state index contributed by atoms with van der Waals surface area (Å²) in [7, 11) is 3.86. The van der Waals surface area contributed by atoms with Crippen LogP contribution in [-0.4, -0.2) is 41.4 Å². The summed E-state index contributed by atoms with van der Waals surface area (Å²) in [5.74, 6) is -0.902. The van der Waals surface area contributed by atoms with Crippen molar-refractivity contribution < 1.29 is 53.7 Å². The smallest absolute Gasteiger partial charge is 0.545 e. The van der Waals surface area contributed by atoms with Crippen molar-refractivity contribution in [2.45, 2.75) is 6.42 Å². The van der Waals surface area contributed by atoms with E-state index in [0.717, 1.165) is 23.0 Å². The van der Waals surface area contributed by atoms with Crippen LogP contribution in [0.4, 0.5) is 5.69 Å². The predicted octanol–water partition coefficient (Wildman–Crippen LogP) is 0.119. The Balaban J connectivity index is 0.00000304. The van der Waals surface area contributed by atoms with Crippen LogP contribution in [-0.2, 0) is 11.2 Å². The van der Waals surface area contributed by atoms with Gasteiger partial charge in [0.15, 0.2) is 17.3 Å². The number of aromatic nitrogens is 2. The molecule has 10 heteroatoms. The topological polar surface area (TPSA) is 105 Å². The Labute approximate surface area is 233 Å². The Bertz CT molecular complexity index is 1480. The van der Waals surface area contributed by atoms with E-state index in [4.69, 9.17) is 9.47 Å². The van der Waals surface area contributed by atoms with Gasteiger partial charge in [0.05, 0.1) is 17.7 Å². The maximum absolute atomic E-state index is 13.8. The van der Waals surface area contributed by atoms with Crippen molar-refractivity contribution in [3.05, 3.63) is 82.9 Å². The summed E-state index contributed by atoms with van der Waals surface area (Å²) in [6, 6.07) is 17.3. The van der Waals surface area contributed by atoms with E-state index in [-0.39, 0.29) is 53.9 Å². The summed E-state index contributed by atoms with van der Waals surface area (Å²) in [5, 5.41) is 12.5. The van der Waals surface area contributed by atoms with Gasteiger partial charge in [0.2, 0.25) is 6.79 Å². The number of carboxylic acids is 1. The van der Waals surface area contributed by atoms with E-state index in [1.54, 1.807) is 36.4 Å². The van der Waals surface area contributed by atoms with Gasteiger partial charge in [0.25, 0.3) is 0 Å². The summed E-state index contributed by atoms with van der Waals surface area (Å²) in [5.41, 5.74) is 3.53. The minimum Gasteiger partial charge on any atom is -0.545 e. The standard InChI is InChI=1S/C26H21N3O5S.Na/c1-29(2)18-7-3-15(4-8-18)11-19(25(30)17-6-10-22-23(13-17)34-14-33-22)24(26(31)32)16-5-9-20-21(12-16)28-35-27-20;/h3-10,12-13H,11,14H2,1-2H3,(H,31,32);/q;+1/p-1/b24-19+;. The maximum atomic E-state index is 13.8. The number of carboxylic acid groups (broad SMARTS) is 1. The van der Waals surface area contributed by atoms with Gasteiger partial charge in [0.1, 0.15) is 11.0 Å². The quantitative estimate of drug-likeness (QED) is 0.197. The number of hydrogen-bond donors (Lipinski definition) is 0. The first-order chi connectivity index (χ1) is 16.9. The zero-order valence-electron chi connectivity index (χ0n) is 20.0. The molecule has 0 N–H and O–H groups in total. The number of aliphatic carboxylic acids is 1. The van der Waals surface area contributed by atoms with Gasteiger partial charge < -0.3 is 24.3 Å². The van der Waals surface area contributed by atoms with Crippen molar-refractivity contribution in [2.24, 2.45) is 0 Å². The van der Waals surface area contributed by atoms with Crippen LogP contribution < -0.4 is 49.0 Å². The van der Waals surface area contributed by atoms with Crippen molar-refractivity contribution >= 4 is 45.8 Å². The van der Waals surface area contributed by atoms with E-state index < -0.39 is 11.8 Å². The van der Waals surface area contributed by atoms with Crippen LogP contribution in [0.2, 0.25) is 0 Å². The second-order valence-electron chi connectivity index (χ2n) is 8.24. The zero-order chi connectivity index (χ0) is 24.5. The summed E-state index contributed by atoms with van der Waals surface area (Å²) in [6.07, 6.45) is 0.0949. The Kier molecular flexibility index (Phi) is 7.75. The molecule has 0 bridgehead atoms. The van der Waals surface area contributed by atoms with E-state index in [9.17, 15) is 14.7 Å². The van der Waals surface area contributed by atoms with Crippen molar-refractivity contribution in [2.75, 3.05) is 25.8 Å². The molecule has 1 aliphatic rings. The molecule has 36 heavy (non-hydrogen) atoms. The van der Waals surface area contributed by atoms with Gasteiger partial charge >= 0.3 is 29.6 Å². The average molecular weight is 510 g/mol. The number of ether oxygens (including phenoxy) is 2. The molecule has 2 heterocycles. The molecule has 1 aromatic heterocycles. The number of anilines is 1. The fourth-order valence-corrected chi connectivity index (χ4v) is 4.48. The molecule has 3 aromatic carbocycles. The minimum absolute atomic E-state index is 0. The summed E-state index contributed by atoms with van der Waals surface area (Å²) in [4.78, 5) is 28.2. The molecular formula is C26H20N3NaO5S. The predicted molar refractivity (Wildman–Crippen MR) is 131 cm³/mol. The number of hydrogen-bond acceptors (Lipinski definition) is 9. The molecule has 8 nitrogen and oxygen atoms in total. The van der Waals surface area contributed by atoms with Crippen molar-refractivity contribution in [3.63, 3.8) is 0 Å². The van der Waals surface area contributed by atoms with Gasteiger partial charge in [0, 0.05) is 42.9 Å². The third-order valence-electron chi connectivity index (χ3n) is 5.79. The van der Waals surface area contributed by atoms with Crippen LogP contribution in [0.5, 0.6) is 11.5 Å². The van der Waals surface area contributed by atoms with Crippen molar-refractivity contribution in [3.8, 4) is 11.5 Å². The number of ketones is 1. The average Bonchev–Trinajstić information content (AvgIpc) is 3.51. The van der Waals surface area contributed by atoms with E-state index in [2.05, 4.69) is 8.75 Å². The molecule has 0 aliphatic carbocycles. The summed E-state index contributed by atoms with van der Waals surface area (Å²) >= 11 is 1.04. The second kappa shape index (κ2) is 10.8. The Morgan fingerprint density at radius 1 is 0.917 bits per heavy atom. The Hall–Kier alpha value is -3.24. The first kappa shape index (κ1) is 25.8. The van der Waals surface area contributed by atoms with Crippen molar-refractivity contribution in [1.29, 1.82) is 0 Å². The first-order valence-corrected chi connectivity index (χ1v) is 11.5. The Morgan fingerprint density at radius 2 is 1.61 bits per heavy atom. The van der Waals surface area contributed by atoms with Gasteiger partial charge in [-0.2, -0.15) is 8.75 Å². The zero-order valence-corrected chi connectivity index (χ0v) is 22.8. The number of benzene rings is 3. The van der Waals surface area contributed by atoms with E-state index in [1.807, 2.05) is 43.3 Å². The van der Waals surface area contributed by atoms with Gasteiger partial charge in [-0.3, -0.25) is 4.79 Å².